The third kappa shape index (κ3) is 7.80. The fraction of sp³-hybridized carbons (Fsp3) is 0.385. The maximum atomic E-state index is 10.1. The molecule has 0 amide bonds. The zero-order chi connectivity index (χ0) is 26.6. The number of nitrogens with zero attached hydrogens (tertiary/aromatic N) is 5. The molecule has 1 aromatic heterocycles. The largest absolute Gasteiger partial charge is 0.497 e. The molecule has 2 aromatic carbocycles. The highest BCUT2D eigenvalue weighted by Crippen LogP contribution is 2.29. The van der Waals surface area contributed by atoms with Gasteiger partial charge in [-0.1, -0.05) is 24.3 Å². The van der Waals surface area contributed by atoms with E-state index in [1.165, 1.54) is 0 Å². The summed E-state index contributed by atoms with van der Waals surface area (Å²) in [5.74, 6) is 2.01. The molecule has 0 radical (unpaired) electrons. The molecule has 0 fully saturated rings. The molecule has 2 N–H and O–H groups in total. The molecule has 0 aliphatic rings. The lowest BCUT2D eigenvalue weighted by molar-refractivity contribution is -0.104. The Morgan fingerprint density at radius 3 is 1.84 bits per heavy atom. The molecule has 196 valence electrons. The number of aliphatic hydroxyl groups excluding tert-OH is 1. The number of methoxy groups -OCH3 is 2. The third-order valence-corrected chi connectivity index (χ3v) is 5.65. The van der Waals surface area contributed by atoms with Crippen LogP contribution in [0, 0.1) is 5.53 Å². The molecule has 3 rings (SSSR count). The number of benzene rings is 2. The van der Waals surface area contributed by atoms with Crippen LogP contribution in [0.3, 0.4) is 0 Å². The maximum absolute atomic E-state index is 10.1. The van der Waals surface area contributed by atoms with Gasteiger partial charge in [0.05, 0.1) is 34.0 Å². The average molecular weight is 510 g/mol. The van der Waals surface area contributed by atoms with Crippen molar-refractivity contribution in [3.63, 3.8) is 0 Å². The Morgan fingerprint density at radius 2 is 1.41 bits per heavy atom. The summed E-state index contributed by atoms with van der Waals surface area (Å²) in [6.07, 6.45) is 1.81. The number of nitrogens with one attached hydrogen (secondary N) is 1. The number of aromatic nitrogens is 2. The molecular weight excluding hydrogens is 476 g/mol. The van der Waals surface area contributed by atoms with Crippen molar-refractivity contribution in [1.29, 1.82) is 5.53 Å². The minimum Gasteiger partial charge on any atom is -0.497 e. The minimum atomic E-state index is -0.856. The van der Waals surface area contributed by atoms with Crippen molar-refractivity contribution in [2.75, 3.05) is 39.8 Å². The van der Waals surface area contributed by atoms with Gasteiger partial charge in [0.1, 0.15) is 34.4 Å². The summed E-state index contributed by atoms with van der Waals surface area (Å²) >= 11 is 0. The fourth-order valence-corrected chi connectivity index (χ4v) is 3.59. The molecule has 11 heteroatoms. The summed E-state index contributed by atoms with van der Waals surface area (Å²) in [6, 6.07) is 14.1. The molecule has 3 atom stereocenters. The van der Waals surface area contributed by atoms with Gasteiger partial charge in [-0.25, -0.2) is 9.97 Å². The standard InChI is InChI=1S/C26H33N6O5/c1-32(2)26-28-13-20(14-29-26)24(36-16-18-5-9-21(34-3)10-6-18)25(23(15-33)30-31-27)37-17-19-7-11-22(35-4)12-8-19/h5-14,23-25,27,33H,15-17H2,1-4H3/q+1/t23-,24+,25-/m0/s1. The average Bonchev–Trinajstić information content (AvgIpc) is 2.94. The van der Waals surface area contributed by atoms with Gasteiger partial charge in [0.15, 0.2) is 6.04 Å². The van der Waals surface area contributed by atoms with Crippen LogP contribution in [0.5, 0.6) is 11.5 Å². The molecule has 3 aromatic rings. The Kier molecular flexibility index (Phi) is 10.5. The summed E-state index contributed by atoms with van der Waals surface area (Å²) in [6.45, 7) is 0.0507. The van der Waals surface area contributed by atoms with Gasteiger partial charge in [0, 0.05) is 32.1 Å². The van der Waals surface area contributed by atoms with Gasteiger partial charge in [-0.15, -0.1) is 0 Å². The van der Waals surface area contributed by atoms with Crippen molar-refractivity contribution < 1.29 is 24.1 Å². The van der Waals surface area contributed by atoms with Crippen LogP contribution in [0.4, 0.5) is 5.95 Å². The number of anilines is 1. The second kappa shape index (κ2) is 14.0. The van der Waals surface area contributed by atoms with E-state index in [2.05, 4.69) is 20.0 Å². The van der Waals surface area contributed by atoms with Crippen LogP contribution < -0.4 is 19.3 Å². The van der Waals surface area contributed by atoms with Crippen LogP contribution in [0.2, 0.25) is 0 Å². The second-order valence-corrected chi connectivity index (χ2v) is 8.38. The minimum absolute atomic E-state index is 0.206. The Morgan fingerprint density at radius 1 is 0.892 bits per heavy atom. The van der Waals surface area contributed by atoms with Crippen LogP contribution in [0.15, 0.2) is 66.0 Å². The first-order chi connectivity index (χ1) is 18.0. The van der Waals surface area contributed by atoms with Crippen LogP contribution in [-0.2, 0) is 22.7 Å². The molecule has 11 nitrogen and oxygen atoms in total. The molecule has 0 bridgehead atoms. The van der Waals surface area contributed by atoms with Crippen LogP contribution in [0.1, 0.15) is 22.8 Å². The van der Waals surface area contributed by atoms with Gasteiger partial charge < -0.3 is 29.0 Å². The molecule has 0 saturated carbocycles. The van der Waals surface area contributed by atoms with Crippen LogP contribution >= 0.6 is 0 Å². The Bertz CT molecular complexity index is 1140. The van der Waals surface area contributed by atoms with Gasteiger partial charge in [-0.3, -0.25) is 0 Å². The first-order valence-corrected chi connectivity index (χ1v) is 11.6. The first-order valence-electron chi connectivity index (χ1n) is 11.6. The molecule has 0 spiro atoms. The molecule has 0 unspecified atom stereocenters. The van der Waals surface area contributed by atoms with E-state index in [0.29, 0.717) is 11.5 Å². The molecular formula is C26H33N6O5+. The van der Waals surface area contributed by atoms with Crippen molar-refractivity contribution in [3.8, 4) is 11.5 Å². The highest BCUT2D eigenvalue weighted by Gasteiger charge is 2.36. The lowest BCUT2D eigenvalue weighted by atomic mass is 10.0. The van der Waals surface area contributed by atoms with Crippen LogP contribution in [-0.4, -0.2) is 62.1 Å². The topological polar surface area (TPSA) is 136 Å². The van der Waals surface area contributed by atoms with Crippen molar-refractivity contribution in [1.82, 2.24) is 14.9 Å². The van der Waals surface area contributed by atoms with Gasteiger partial charge in [-0.05, 0) is 35.4 Å². The number of hydrogen-bond donors (Lipinski definition) is 2. The summed E-state index contributed by atoms with van der Waals surface area (Å²) < 4.78 is 23.1. The lowest BCUT2D eigenvalue weighted by Crippen LogP contribution is -2.37. The molecule has 0 saturated heterocycles. The number of ether oxygens (including phenoxy) is 4. The van der Waals surface area contributed by atoms with E-state index in [-0.39, 0.29) is 13.2 Å². The lowest BCUT2D eigenvalue weighted by Gasteiger charge is -2.29. The second-order valence-electron chi connectivity index (χ2n) is 8.38. The van der Waals surface area contributed by atoms with E-state index in [4.69, 9.17) is 24.5 Å². The quantitative estimate of drug-likeness (QED) is 0.249. The van der Waals surface area contributed by atoms with Crippen molar-refractivity contribution in [2.45, 2.75) is 31.5 Å². The van der Waals surface area contributed by atoms with Crippen LogP contribution in [0.25, 0.3) is 0 Å². The van der Waals surface area contributed by atoms with E-state index in [9.17, 15) is 5.11 Å². The van der Waals surface area contributed by atoms with E-state index in [0.717, 1.165) is 22.6 Å². The fourth-order valence-electron chi connectivity index (χ4n) is 3.59. The number of hydrogen-bond acceptors (Lipinski definition) is 10. The molecule has 0 aliphatic heterocycles. The highest BCUT2D eigenvalue weighted by molar-refractivity contribution is 5.29. The number of aliphatic hydroxyl groups is 1. The van der Waals surface area contributed by atoms with Crippen molar-refractivity contribution >= 4 is 5.95 Å². The van der Waals surface area contributed by atoms with Gasteiger partial charge >= 0.3 is 0 Å². The molecule has 1 heterocycles. The zero-order valence-electron chi connectivity index (χ0n) is 21.4. The van der Waals surface area contributed by atoms with Gasteiger partial charge in [0.2, 0.25) is 10.9 Å². The summed E-state index contributed by atoms with van der Waals surface area (Å²) in [4.78, 5) is 13.8. The van der Waals surface area contributed by atoms with Crippen molar-refractivity contribution in [3.05, 3.63) is 77.6 Å². The van der Waals surface area contributed by atoms with Crippen molar-refractivity contribution in [2.24, 2.45) is 5.11 Å². The zero-order valence-corrected chi connectivity index (χ0v) is 21.4. The molecule has 0 aliphatic carbocycles. The highest BCUT2D eigenvalue weighted by atomic mass is 16.5. The Labute approximate surface area is 216 Å². The predicted octanol–water partition coefficient (Wildman–Crippen LogP) is 3.31. The number of rotatable bonds is 14. The molecule has 37 heavy (non-hydrogen) atoms. The van der Waals surface area contributed by atoms with E-state index >= 15 is 0 Å². The summed E-state index contributed by atoms with van der Waals surface area (Å²) in [5.41, 5.74) is 9.70. The monoisotopic (exact) mass is 509 g/mol. The summed E-state index contributed by atoms with van der Waals surface area (Å²) in [7, 11) is 6.92. The summed E-state index contributed by atoms with van der Waals surface area (Å²) in [5, 5.41) is 14.0. The SMILES string of the molecule is COc1ccc(CO[C@@H]([C@H](CO)N=[N+]=N)[C@H](OCc2ccc(OC)cc2)c2cnc(N(C)C)nc2)cc1. The van der Waals surface area contributed by atoms with E-state index in [1.54, 1.807) is 31.5 Å². The van der Waals surface area contributed by atoms with E-state index < -0.39 is 24.9 Å². The Hall–Kier alpha value is -3.89. The Balaban J connectivity index is 1.92. The third-order valence-electron chi connectivity index (χ3n) is 5.65. The normalized spacial score (nSPS) is 13.2. The van der Waals surface area contributed by atoms with Gasteiger partial charge in [0.25, 0.3) is 0 Å². The predicted molar refractivity (Wildman–Crippen MR) is 137 cm³/mol. The van der Waals surface area contributed by atoms with Gasteiger partial charge in [-0.2, -0.15) is 0 Å². The first kappa shape index (κ1) is 27.7. The maximum Gasteiger partial charge on any atom is 0.224 e. The smallest absolute Gasteiger partial charge is 0.224 e. The van der Waals surface area contributed by atoms with E-state index in [1.807, 2.05) is 62.6 Å².